The molecule has 1 aliphatic heterocycles. The molecule has 0 saturated carbocycles. The van der Waals surface area contributed by atoms with Gasteiger partial charge in [-0.2, -0.15) is 0 Å². The van der Waals surface area contributed by atoms with E-state index in [1.165, 1.54) is 31.1 Å². The smallest absolute Gasteiger partial charge is 0.303 e. The number of amides is 1. The van der Waals surface area contributed by atoms with Crippen LogP contribution in [0.3, 0.4) is 0 Å². The standard InChI is InChI=1S/C15H18FN5O4/c1-4-9-12(24-8(3)23)10(16)15(25-9)21-6-19-11-13(20-7(2)22)17-5-18-14(11)21/h5-6,9-10,12,15H,4H2,1-3H3,(H,17,18,20,22)/t9-,10+,12?,15-/m1/s1. The summed E-state index contributed by atoms with van der Waals surface area (Å²) in [4.78, 5) is 34.7. The summed E-state index contributed by atoms with van der Waals surface area (Å²) in [6, 6.07) is 0. The highest BCUT2D eigenvalue weighted by Crippen LogP contribution is 2.37. The fraction of sp³-hybridized carbons (Fsp3) is 0.533. The number of aromatic nitrogens is 4. The second kappa shape index (κ2) is 6.71. The second-order valence-electron chi connectivity index (χ2n) is 5.72. The summed E-state index contributed by atoms with van der Waals surface area (Å²) in [6.45, 7) is 4.39. The molecule has 1 fully saturated rings. The number of carbonyl (C=O) groups excluding carboxylic acids is 2. The zero-order chi connectivity index (χ0) is 18.1. The molecular formula is C15H18FN5O4. The lowest BCUT2D eigenvalue weighted by molar-refractivity contribution is -0.151. The predicted molar refractivity (Wildman–Crippen MR) is 84.3 cm³/mol. The highest BCUT2D eigenvalue weighted by atomic mass is 19.1. The second-order valence-corrected chi connectivity index (χ2v) is 5.72. The normalized spacial score (nSPS) is 25.9. The Bertz CT molecular complexity index is 810. The monoisotopic (exact) mass is 351 g/mol. The molecule has 0 aliphatic carbocycles. The number of halogens is 1. The average molecular weight is 351 g/mol. The molecule has 4 atom stereocenters. The van der Waals surface area contributed by atoms with Gasteiger partial charge in [-0.3, -0.25) is 14.2 Å². The lowest BCUT2D eigenvalue weighted by Crippen LogP contribution is -2.33. The fourth-order valence-corrected chi connectivity index (χ4v) is 2.88. The van der Waals surface area contributed by atoms with Gasteiger partial charge in [0.2, 0.25) is 5.91 Å². The van der Waals surface area contributed by atoms with Gasteiger partial charge in [-0.1, -0.05) is 6.92 Å². The van der Waals surface area contributed by atoms with Crippen LogP contribution in [-0.2, 0) is 19.1 Å². The Labute approximate surface area is 142 Å². The third-order valence-corrected chi connectivity index (χ3v) is 3.90. The molecule has 3 heterocycles. The van der Waals surface area contributed by atoms with E-state index in [2.05, 4.69) is 20.3 Å². The number of nitrogens with zero attached hydrogens (tertiary/aromatic N) is 4. The zero-order valence-corrected chi connectivity index (χ0v) is 14.0. The third kappa shape index (κ3) is 3.16. The first-order valence-corrected chi connectivity index (χ1v) is 7.84. The lowest BCUT2D eigenvalue weighted by Gasteiger charge is -2.17. The summed E-state index contributed by atoms with van der Waals surface area (Å²) < 4.78 is 27.1. The average Bonchev–Trinajstić information content (AvgIpc) is 3.09. The summed E-state index contributed by atoms with van der Waals surface area (Å²) in [5.74, 6) is -0.648. The maximum absolute atomic E-state index is 14.9. The molecule has 134 valence electrons. The molecule has 1 aliphatic rings. The molecule has 0 spiro atoms. The number of carbonyl (C=O) groups is 2. The number of hydrogen-bond donors (Lipinski definition) is 1. The van der Waals surface area contributed by atoms with Crippen LogP contribution in [0.1, 0.15) is 33.4 Å². The molecule has 1 N–H and O–H groups in total. The highest BCUT2D eigenvalue weighted by Gasteiger charge is 2.48. The molecule has 10 heteroatoms. The van der Waals surface area contributed by atoms with Crippen LogP contribution in [0.15, 0.2) is 12.7 Å². The summed E-state index contributed by atoms with van der Waals surface area (Å²) in [6.07, 6.45) is -1.10. The molecule has 2 aromatic heterocycles. The minimum absolute atomic E-state index is 0.230. The van der Waals surface area contributed by atoms with Gasteiger partial charge < -0.3 is 14.8 Å². The van der Waals surface area contributed by atoms with Gasteiger partial charge in [0.15, 0.2) is 35.5 Å². The summed E-state index contributed by atoms with van der Waals surface area (Å²) in [7, 11) is 0. The predicted octanol–water partition coefficient (Wildman–Crippen LogP) is 1.36. The summed E-state index contributed by atoms with van der Waals surface area (Å²) in [5.41, 5.74) is 0.627. The topological polar surface area (TPSA) is 108 Å². The van der Waals surface area contributed by atoms with Gasteiger partial charge in [-0.25, -0.2) is 19.3 Å². The summed E-state index contributed by atoms with van der Waals surface area (Å²) in [5, 5.41) is 2.55. The SMILES string of the molecule is CC[C@H]1O[C@@H](n2cnc3c(NC(C)=O)ncnc32)[C@@H](F)C1OC(C)=O. The molecule has 3 rings (SSSR count). The van der Waals surface area contributed by atoms with Crippen LogP contribution < -0.4 is 5.32 Å². The van der Waals surface area contributed by atoms with Crippen molar-refractivity contribution in [3.63, 3.8) is 0 Å². The van der Waals surface area contributed by atoms with Crippen molar-refractivity contribution in [2.75, 3.05) is 5.32 Å². The Kier molecular flexibility index (Phi) is 4.62. The van der Waals surface area contributed by atoms with E-state index in [1.807, 2.05) is 6.92 Å². The molecule has 2 aromatic rings. The van der Waals surface area contributed by atoms with Crippen molar-refractivity contribution in [2.45, 2.75) is 51.8 Å². The quantitative estimate of drug-likeness (QED) is 0.829. The number of esters is 1. The van der Waals surface area contributed by atoms with E-state index in [4.69, 9.17) is 9.47 Å². The van der Waals surface area contributed by atoms with Gasteiger partial charge in [0.25, 0.3) is 0 Å². The zero-order valence-electron chi connectivity index (χ0n) is 14.0. The van der Waals surface area contributed by atoms with Crippen LogP contribution >= 0.6 is 0 Å². The van der Waals surface area contributed by atoms with Crippen molar-refractivity contribution in [2.24, 2.45) is 0 Å². The fourth-order valence-electron chi connectivity index (χ4n) is 2.88. The number of anilines is 1. The maximum atomic E-state index is 14.9. The molecular weight excluding hydrogens is 333 g/mol. The first kappa shape index (κ1) is 17.2. The van der Waals surface area contributed by atoms with E-state index in [-0.39, 0.29) is 11.7 Å². The van der Waals surface area contributed by atoms with E-state index >= 15 is 0 Å². The molecule has 1 saturated heterocycles. The largest absolute Gasteiger partial charge is 0.456 e. The van der Waals surface area contributed by atoms with Crippen molar-refractivity contribution >= 4 is 28.9 Å². The Morgan fingerprint density at radius 2 is 2.12 bits per heavy atom. The number of fused-ring (bicyclic) bond motifs is 1. The molecule has 0 aromatic carbocycles. The van der Waals surface area contributed by atoms with Crippen LogP contribution in [0.25, 0.3) is 11.2 Å². The van der Waals surface area contributed by atoms with E-state index < -0.39 is 30.6 Å². The molecule has 0 radical (unpaired) electrons. The molecule has 25 heavy (non-hydrogen) atoms. The van der Waals surface area contributed by atoms with Crippen molar-refractivity contribution in [1.82, 2.24) is 19.5 Å². The minimum Gasteiger partial charge on any atom is -0.456 e. The molecule has 1 amide bonds. The Balaban J connectivity index is 1.96. The molecule has 9 nitrogen and oxygen atoms in total. The van der Waals surface area contributed by atoms with Gasteiger partial charge in [-0.15, -0.1) is 0 Å². The van der Waals surface area contributed by atoms with Gasteiger partial charge in [-0.05, 0) is 6.42 Å². The van der Waals surface area contributed by atoms with Crippen molar-refractivity contribution in [3.05, 3.63) is 12.7 Å². The lowest BCUT2D eigenvalue weighted by atomic mass is 10.1. The van der Waals surface area contributed by atoms with Crippen LogP contribution in [0.4, 0.5) is 10.2 Å². The third-order valence-electron chi connectivity index (χ3n) is 3.90. The van der Waals surface area contributed by atoms with E-state index in [9.17, 15) is 14.0 Å². The van der Waals surface area contributed by atoms with Crippen LogP contribution in [0.5, 0.6) is 0 Å². The minimum atomic E-state index is -1.58. The van der Waals surface area contributed by atoms with Crippen LogP contribution in [0, 0.1) is 0 Å². The van der Waals surface area contributed by atoms with Gasteiger partial charge in [0, 0.05) is 13.8 Å². The van der Waals surface area contributed by atoms with Crippen molar-refractivity contribution in [3.8, 4) is 0 Å². The van der Waals surface area contributed by atoms with Crippen LogP contribution in [-0.4, -0.2) is 49.8 Å². The number of imidazole rings is 1. The van der Waals surface area contributed by atoms with Gasteiger partial charge in [0.05, 0.1) is 6.33 Å². The molecule has 1 unspecified atom stereocenters. The first-order valence-electron chi connectivity index (χ1n) is 7.84. The number of alkyl halides is 1. The Morgan fingerprint density at radius 1 is 1.36 bits per heavy atom. The van der Waals surface area contributed by atoms with Gasteiger partial charge >= 0.3 is 5.97 Å². The maximum Gasteiger partial charge on any atom is 0.303 e. The summed E-state index contributed by atoms with van der Waals surface area (Å²) >= 11 is 0. The number of ether oxygens (including phenoxy) is 2. The van der Waals surface area contributed by atoms with Gasteiger partial charge in [0.1, 0.15) is 12.4 Å². The van der Waals surface area contributed by atoms with E-state index in [0.717, 1.165) is 0 Å². The van der Waals surface area contributed by atoms with E-state index in [0.29, 0.717) is 17.6 Å². The first-order chi connectivity index (χ1) is 11.9. The molecule has 0 bridgehead atoms. The Morgan fingerprint density at radius 3 is 2.76 bits per heavy atom. The number of hydrogen-bond acceptors (Lipinski definition) is 7. The number of nitrogens with one attached hydrogen (secondary N) is 1. The highest BCUT2D eigenvalue weighted by molar-refractivity contribution is 5.95. The Hall–Kier alpha value is -2.62. The van der Waals surface area contributed by atoms with E-state index in [1.54, 1.807) is 0 Å². The van der Waals surface area contributed by atoms with Crippen molar-refractivity contribution < 1.29 is 23.5 Å². The van der Waals surface area contributed by atoms with Crippen LogP contribution in [0.2, 0.25) is 0 Å². The number of rotatable bonds is 4. The van der Waals surface area contributed by atoms with Crippen molar-refractivity contribution in [1.29, 1.82) is 0 Å².